The Balaban J connectivity index is 1.96. The molecule has 21 heavy (non-hydrogen) atoms. The van der Waals surface area contributed by atoms with Gasteiger partial charge in [0, 0.05) is 12.1 Å². The Morgan fingerprint density at radius 3 is 2.71 bits per heavy atom. The summed E-state index contributed by atoms with van der Waals surface area (Å²) in [4.78, 5) is 12.0. The molecule has 0 spiro atoms. The van der Waals surface area contributed by atoms with Gasteiger partial charge in [-0.05, 0) is 48.2 Å². The molecule has 110 valence electrons. The first-order valence-electron chi connectivity index (χ1n) is 6.83. The molecule has 0 atom stereocenters. The van der Waals surface area contributed by atoms with Gasteiger partial charge in [-0.25, -0.2) is 4.39 Å². The van der Waals surface area contributed by atoms with Crippen LogP contribution in [0.4, 0.5) is 10.1 Å². The Bertz CT molecular complexity index is 640. The Kier molecular flexibility index (Phi) is 5.06. The number of benzene rings is 2. The minimum absolute atomic E-state index is 0.0631. The smallest absolute Gasteiger partial charge is 0.224 e. The molecule has 0 fully saturated rings. The summed E-state index contributed by atoms with van der Waals surface area (Å²) in [7, 11) is 0. The molecule has 1 amide bonds. The highest BCUT2D eigenvalue weighted by Crippen LogP contribution is 2.17. The van der Waals surface area contributed by atoms with E-state index in [1.807, 2.05) is 19.1 Å². The topological polar surface area (TPSA) is 49.3 Å². The van der Waals surface area contributed by atoms with Crippen LogP contribution in [0.3, 0.4) is 0 Å². The van der Waals surface area contributed by atoms with Crippen LogP contribution in [0, 0.1) is 12.7 Å². The third kappa shape index (κ3) is 4.39. The van der Waals surface area contributed by atoms with E-state index in [0.717, 1.165) is 16.7 Å². The average molecular weight is 287 g/mol. The van der Waals surface area contributed by atoms with Crippen molar-refractivity contribution in [3.05, 3.63) is 65.0 Å². The first kappa shape index (κ1) is 15.2. The van der Waals surface area contributed by atoms with Gasteiger partial charge in [0.05, 0.1) is 6.61 Å². The van der Waals surface area contributed by atoms with Crippen LogP contribution in [0.5, 0.6) is 0 Å². The fourth-order valence-corrected chi connectivity index (χ4v) is 2.07. The van der Waals surface area contributed by atoms with Crippen molar-refractivity contribution in [3.8, 4) is 0 Å². The summed E-state index contributed by atoms with van der Waals surface area (Å²) in [6, 6.07) is 11.7. The van der Waals surface area contributed by atoms with E-state index in [2.05, 4.69) is 5.32 Å². The van der Waals surface area contributed by atoms with Gasteiger partial charge in [-0.1, -0.05) is 24.3 Å². The molecule has 0 saturated carbocycles. The number of carbonyl (C=O) groups is 1. The third-order valence-corrected chi connectivity index (χ3v) is 3.29. The summed E-state index contributed by atoms with van der Waals surface area (Å²) in [5.41, 5.74) is 3.18. The summed E-state index contributed by atoms with van der Waals surface area (Å²) < 4.78 is 13.1. The maximum absolute atomic E-state index is 13.1. The van der Waals surface area contributed by atoms with Crippen LogP contribution in [0.15, 0.2) is 42.5 Å². The predicted molar refractivity (Wildman–Crippen MR) is 80.5 cm³/mol. The van der Waals surface area contributed by atoms with Crippen molar-refractivity contribution in [2.45, 2.75) is 26.4 Å². The molecule has 0 saturated heterocycles. The average Bonchev–Trinajstić information content (AvgIpc) is 2.47. The lowest BCUT2D eigenvalue weighted by molar-refractivity contribution is -0.116. The Morgan fingerprint density at radius 2 is 2.00 bits per heavy atom. The molecule has 2 aromatic rings. The molecule has 2 N–H and O–H groups in total. The first-order chi connectivity index (χ1) is 10.1. The number of amides is 1. The number of aliphatic hydroxyl groups is 1. The van der Waals surface area contributed by atoms with Crippen LogP contribution >= 0.6 is 0 Å². The highest BCUT2D eigenvalue weighted by atomic mass is 19.1. The van der Waals surface area contributed by atoms with Gasteiger partial charge in [0.15, 0.2) is 0 Å². The van der Waals surface area contributed by atoms with Gasteiger partial charge >= 0.3 is 0 Å². The fraction of sp³-hybridized carbons (Fsp3) is 0.235. The molecule has 0 heterocycles. The maximum Gasteiger partial charge on any atom is 0.224 e. The second kappa shape index (κ2) is 6.99. The molecule has 2 rings (SSSR count). The largest absolute Gasteiger partial charge is 0.392 e. The van der Waals surface area contributed by atoms with E-state index in [0.29, 0.717) is 12.1 Å². The number of nitrogens with one attached hydrogen (secondary N) is 1. The van der Waals surface area contributed by atoms with Crippen molar-refractivity contribution in [2.24, 2.45) is 0 Å². The zero-order valence-electron chi connectivity index (χ0n) is 11.9. The molecule has 4 heteroatoms. The Morgan fingerprint density at radius 1 is 1.19 bits per heavy atom. The summed E-state index contributed by atoms with van der Waals surface area (Å²) in [5.74, 6) is -0.420. The molecule has 0 aliphatic rings. The van der Waals surface area contributed by atoms with E-state index < -0.39 is 0 Å². The normalized spacial score (nSPS) is 10.4. The molecule has 0 aliphatic carbocycles. The number of anilines is 1. The minimum Gasteiger partial charge on any atom is -0.392 e. The van der Waals surface area contributed by atoms with Gasteiger partial charge in [0.25, 0.3) is 0 Å². The second-order valence-electron chi connectivity index (χ2n) is 4.99. The highest BCUT2D eigenvalue weighted by Gasteiger charge is 2.06. The van der Waals surface area contributed by atoms with Crippen LogP contribution < -0.4 is 5.32 Å². The molecule has 3 nitrogen and oxygen atoms in total. The van der Waals surface area contributed by atoms with Gasteiger partial charge in [-0.3, -0.25) is 4.79 Å². The van der Waals surface area contributed by atoms with Crippen molar-refractivity contribution < 1.29 is 14.3 Å². The summed E-state index contributed by atoms with van der Waals surface area (Å²) in [6.45, 7) is 1.83. The molecular weight excluding hydrogens is 269 g/mol. The maximum atomic E-state index is 13.1. The molecule has 0 bridgehead atoms. The van der Waals surface area contributed by atoms with Crippen molar-refractivity contribution in [3.63, 3.8) is 0 Å². The number of carbonyl (C=O) groups excluding carboxylic acids is 1. The second-order valence-corrected chi connectivity index (χ2v) is 4.99. The minimum atomic E-state index is -0.292. The SMILES string of the molecule is Cc1ccc(CO)cc1NC(=O)CCc1cccc(F)c1. The number of hydrogen-bond donors (Lipinski definition) is 2. The summed E-state index contributed by atoms with van der Waals surface area (Å²) in [5, 5.41) is 11.9. The van der Waals surface area contributed by atoms with Gasteiger partial charge < -0.3 is 10.4 Å². The Hall–Kier alpha value is -2.20. The van der Waals surface area contributed by atoms with Crippen molar-refractivity contribution in [1.29, 1.82) is 0 Å². The number of aryl methyl sites for hydroxylation is 2. The molecule has 2 aromatic carbocycles. The zero-order valence-corrected chi connectivity index (χ0v) is 11.9. The molecule has 0 unspecified atom stereocenters. The third-order valence-electron chi connectivity index (χ3n) is 3.29. The van der Waals surface area contributed by atoms with E-state index in [1.165, 1.54) is 12.1 Å². The number of hydrogen-bond acceptors (Lipinski definition) is 2. The van der Waals surface area contributed by atoms with Gasteiger partial charge in [0.1, 0.15) is 5.82 Å². The lowest BCUT2D eigenvalue weighted by atomic mass is 10.1. The van der Waals surface area contributed by atoms with Crippen LogP contribution in [0.25, 0.3) is 0 Å². The molecular formula is C17H18FNO2. The monoisotopic (exact) mass is 287 g/mol. The zero-order chi connectivity index (χ0) is 15.2. The van der Waals surface area contributed by atoms with E-state index >= 15 is 0 Å². The first-order valence-corrected chi connectivity index (χ1v) is 6.83. The number of aliphatic hydroxyl groups excluding tert-OH is 1. The van der Waals surface area contributed by atoms with Gasteiger partial charge in [-0.2, -0.15) is 0 Å². The quantitative estimate of drug-likeness (QED) is 0.887. The number of halogens is 1. The standard InChI is InChI=1S/C17H18FNO2/c1-12-5-6-14(11-20)10-16(12)19-17(21)8-7-13-3-2-4-15(18)9-13/h2-6,9-10,20H,7-8,11H2,1H3,(H,19,21). The highest BCUT2D eigenvalue weighted by molar-refractivity contribution is 5.91. The van der Waals surface area contributed by atoms with Crippen LogP contribution in [0.2, 0.25) is 0 Å². The van der Waals surface area contributed by atoms with Gasteiger partial charge in [-0.15, -0.1) is 0 Å². The van der Waals surface area contributed by atoms with E-state index in [4.69, 9.17) is 5.11 Å². The summed E-state index contributed by atoms with van der Waals surface area (Å²) >= 11 is 0. The van der Waals surface area contributed by atoms with Gasteiger partial charge in [0.2, 0.25) is 5.91 Å². The van der Waals surface area contributed by atoms with Crippen molar-refractivity contribution in [1.82, 2.24) is 0 Å². The van der Waals surface area contributed by atoms with Crippen molar-refractivity contribution >= 4 is 11.6 Å². The molecule has 0 radical (unpaired) electrons. The Labute approximate surface area is 123 Å². The summed E-state index contributed by atoms with van der Waals surface area (Å²) in [6.07, 6.45) is 0.772. The van der Waals surface area contributed by atoms with E-state index in [-0.39, 0.29) is 24.8 Å². The molecule has 0 aliphatic heterocycles. The predicted octanol–water partition coefficient (Wildman–Crippen LogP) is 3.20. The number of rotatable bonds is 5. The molecule has 0 aromatic heterocycles. The lowest BCUT2D eigenvalue weighted by Gasteiger charge is -2.10. The fourth-order valence-electron chi connectivity index (χ4n) is 2.07. The van der Waals surface area contributed by atoms with Crippen LogP contribution in [0.1, 0.15) is 23.1 Å². The van der Waals surface area contributed by atoms with Crippen LogP contribution in [-0.4, -0.2) is 11.0 Å². The van der Waals surface area contributed by atoms with Crippen molar-refractivity contribution in [2.75, 3.05) is 5.32 Å². The van der Waals surface area contributed by atoms with E-state index in [9.17, 15) is 9.18 Å². The van der Waals surface area contributed by atoms with E-state index in [1.54, 1.807) is 18.2 Å². The lowest BCUT2D eigenvalue weighted by Crippen LogP contribution is -2.13. The van der Waals surface area contributed by atoms with Crippen LogP contribution in [-0.2, 0) is 17.8 Å².